The average molecular weight is 431 g/mol. The molecule has 1 fully saturated rings. The van der Waals surface area contributed by atoms with Gasteiger partial charge in [-0.25, -0.2) is 8.42 Å². The van der Waals surface area contributed by atoms with Crippen molar-refractivity contribution in [3.63, 3.8) is 0 Å². The fourth-order valence-corrected chi connectivity index (χ4v) is 5.53. The van der Waals surface area contributed by atoms with Gasteiger partial charge in [0.1, 0.15) is 0 Å². The van der Waals surface area contributed by atoms with Crippen molar-refractivity contribution in [2.45, 2.75) is 50.3 Å². The summed E-state index contributed by atoms with van der Waals surface area (Å²) in [7, 11) is -2.06. The van der Waals surface area contributed by atoms with Crippen molar-refractivity contribution in [1.29, 1.82) is 0 Å². The second-order valence-corrected chi connectivity index (χ2v) is 9.71. The van der Waals surface area contributed by atoms with Gasteiger partial charge < -0.3 is 10.1 Å². The molecule has 0 saturated heterocycles. The molecule has 1 aliphatic carbocycles. The van der Waals surface area contributed by atoms with E-state index in [4.69, 9.17) is 4.74 Å². The second-order valence-electron chi connectivity index (χ2n) is 8.10. The fourth-order valence-electron chi connectivity index (χ4n) is 4.01. The predicted octanol–water partition coefficient (Wildman–Crippen LogP) is 3.60. The van der Waals surface area contributed by atoms with E-state index in [1.54, 1.807) is 33.1 Å². The minimum absolute atomic E-state index is 0.0258. The molecule has 2 aromatic carbocycles. The fraction of sp³-hybridized carbons (Fsp3) is 0.435. The molecule has 0 aliphatic heterocycles. The molecule has 0 heterocycles. The van der Waals surface area contributed by atoms with E-state index in [9.17, 15) is 13.2 Å². The van der Waals surface area contributed by atoms with Crippen LogP contribution in [0.2, 0.25) is 0 Å². The molecule has 0 spiro atoms. The molecule has 1 amide bonds. The summed E-state index contributed by atoms with van der Waals surface area (Å²) < 4.78 is 33.6. The third-order valence-corrected chi connectivity index (χ3v) is 7.24. The maximum absolute atomic E-state index is 12.9. The van der Waals surface area contributed by atoms with Crippen LogP contribution in [0.15, 0.2) is 41.3 Å². The molecule has 0 atom stereocenters. The highest BCUT2D eigenvalue weighted by Gasteiger charge is 2.51. The van der Waals surface area contributed by atoms with Gasteiger partial charge in [-0.1, -0.05) is 29.8 Å². The van der Waals surface area contributed by atoms with Crippen LogP contribution in [-0.4, -0.2) is 34.6 Å². The number of carbonyl (C=O) groups excluding carboxylic acids is 1. The standard InChI is InChI=1S/C23H30N2O4S/c1-16-14-17(2)21(18(3)15-16)30(27,28)25-20-8-6-19(7-9-20)23(10-11-23)22(26)24-12-5-13-29-4/h6-9,14-15,25H,5,10-13H2,1-4H3,(H,24,26). The summed E-state index contributed by atoms with van der Waals surface area (Å²) in [5, 5.41) is 2.98. The second kappa shape index (κ2) is 8.78. The van der Waals surface area contributed by atoms with E-state index >= 15 is 0 Å². The first kappa shape index (κ1) is 22.3. The zero-order valence-corrected chi connectivity index (χ0v) is 18.9. The van der Waals surface area contributed by atoms with E-state index in [0.29, 0.717) is 23.7 Å². The lowest BCUT2D eigenvalue weighted by molar-refractivity contribution is -0.123. The van der Waals surface area contributed by atoms with Crippen molar-refractivity contribution in [2.75, 3.05) is 25.0 Å². The first-order chi connectivity index (χ1) is 14.2. The lowest BCUT2D eigenvalue weighted by atomic mass is 9.95. The number of hydrogen-bond acceptors (Lipinski definition) is 4. The zero-order chi connectivity index (χ0) is 21.9. The first-order valence-corrected chi connectivity index (χ1v) is 11.7. The minimum atomic E-state index is -3.70. The lowest BCUT2D eigenvalue weighted by Crippen LogP contribution is -2.35. The molecule has 1 saturated carbocycles. The molecule has 3 rings (SSSR count). The number of sulfonamides is 1. The van der Waals surface area contributed by atoms with E-state index in [2.05, 4.69) is 10.0 Å². The smallest absolute Gasteiger partial charge is 0.262 e. The van der Waals surface area contributed by atoms with Crippen molar-refractivity contribution in [1.82, 2.24) is 5.32 Å². The minimum Gasteiger partial charge on any atom is -0.385 e. The van der Waals surface area contributed by atoms with Gasteiger partial charge in [0.2, 0.25) is 5.91 Å². The number of aryl methyl sites for hydroxylation is 3. The van der Waals surface area contributed by atoms with Crippen molar-refractivity contribution >= 4 is 21.6 Å². The van der Waals surface area contributed by atoms with Crippen molar-refractivity contribution in [3.05, 3.63) is 58.7 Å². The Morgan fingerprint density at radius 1 is 1.07 bits per heavy atom. The Labute approximate surface area is 179 Å². The lowest BCUT2D eigenvalue weighted by Gasteiger charge is -2.17. The summed E-state index contributed by atoms with van der Waals surface area (Å²) in [6.07, 6.45) is 2.38. The highest BCUT2D eigenvalue weighted by Crippen LogP contribution is 2.48. The van der Waals surface area contributed by atoms with Gasteiger partial charge in [0, 0.05) is 25.9 Å². The van der Waals surface area contributed by atoms with Crippen LogP contribution in [0, 0.1) is 20.8 Å². The van der Waals surface area contributed by atoms with Crippen LogP contribution in [0.1, 0.15) is 41.5 Å². The highest BCUT2D eigenvalue weighted by atomic mass is 32.2. The Balaban J connectivity index is 1.73. The molecule has 2 N–H and O–H groups in total. The number of rotatable bonds is 9. The summed E-state index contributed by atoms with van der Waals surface area (Å²) in [4.78, 5) is 12.9. The van der Waals surface area contributed by atoms with Crippen LogP contribution >= 0.6 is 0 Å². The van der Waals surface area contributed by atoms with E-state index in [1.807, 2.05) is 31.2 Å². The third kappa shape index (κ3) is 4.68. The molecule has 7 heteroatoms. The topological polar surface area (TPSA) is 84.5 Å². The maximum Gasteiger partial charge on any atom is 0.262 e. The van der Waals surface area contributed by atoms with Crippen molar-refractivity contribution < 1.29 is 17.9 Å². The van der Waals surface area contributed by atoms with Crippen LogP contribution < -0.4 is 10.0 Å². The molecular formula is C23H30N2O4S. The number of anilines is 1. The van der Waals surface area contributed by atoms with E-state index in [1.165, 1.54) is 0 Å². The summed E-state index contributed by atoms with van der Waals surface area (Å²) in [5.74, 6) is 0.0258. The average Bonchev–Trinajstić information content (AvgIpc) is 3.46. The quantitative estimate of drug-likeness (QED) is 0.596. The maximum atomic E-state index is 12.9. The predicted molar refractivity (Wildman–Crippen MR) is 118 cm³/mol. The van der Waals surface area contributed by atoms with Gasteiger partial charge in [0.25, 0.3) is 10.0 Å². The van der Waals surface area contributed by atoms with Gasteiger partial charge in [-0.15, -0.1) is 0 Å². The van der Waals surface area contributed by atoms with Gasteiger partial charge in [0.05, 0.1) is 10.3 Å². The Morgan fingerprint density at radius 3 is 2.20 bits per heavy atom. The zero-order valence-electron chi connectivity index (χ0n) is 18.0. The molecule has 0 unspecified atom stereocenters. The van der Waals surface area contributed by atoms with E-state index in [-0.39, 0.29) is 5.91 Å². The summed E-state index contributed by atoms with van der Waals surface area (Å²) in [6.45, 7) is 6.76. The monoisotopic (exact) mass is 430 g/mol. The van der Waals surface area contributed by atoms with Crippen LogP contribution in [0.5, 0.6) is 0 Å². The number of ether oxygens (including phenoxy) is 1. The molecule has 30 heavy (non-hydrogen) atoms. The van der Waals surface area contributed by atoms with Gasteiger partial charge in [0.15, 0.2) is 0 Å². The Hall–Kier alpha value is -2.38. The Morgan fingerprint density at radius 2 is 1.67 bits per heavy atom. The molecule has 162 valence electrons. The third-order valence-electron chi connectivity index (χ3n) is 5.56. The van der Waals surface area contributed by atoms with Crippen LogP contribution in [-0.2, 0) is 25.0 Å². The highest BCUT2D eigenvalue weighted by molar-refractivity contribution is 7.92. The van der Waals surface area contributed by atoms with Crippen molar-refractivity contribution in [3.8, 4) is 0 Å². The van der Waals surface area contributed by atoms with E-state index in [0.717, 1.165) is 41.5 Å². The van der Waals surface area contributed by atoms with Crippen LogP contribution in [0.3, 0.4) is 0 Å². The van der Waals surface area contributed by atoms with Crippen LogP contribution in [0.4, 0.5) is 5.69 Å². The normalized spacial score (nSPS) is 14.9. The van der Waals surface area contributed by atoms with Gasteiger partial charge in [-0.2, -0.15) is 0 Å². The first-order valence-electron chi connectivity index (χ1n) is 10.2. The van der Waals surface area contributed by atoms with Gasteiger partial charge in [-0.05, 0) is 68.9 Å². The SMILES string of the molecule is COCCCNC(=O)C1(c2ccc(NS(=O)(=O)c3c(C)cc(C)cc3C)cc2)CC1. The number of carbonyl (C=O) groups is 1. The largest absolute Gasteiger partial charge is 0.385 e. The molecule has 0 radical (unpaired) electrons. The molecule has 0 bridgehead atoms. The van der Waals surface area contributed by atoms with Crippen molar-refractivity contribution in [2.24, 2.45) is 0 Å². The number of methoxy groups -OCH3 is 1. The Bertz CT molecular complexity index is 1000. The van der Waals surface area contributed by atoms with Crippen LogP contribution in [0.25, 0.3) is 0 Å². The molecule has 1 aliphatic rings. The van der Waals surface area contributed by atoms with E-state index < -0.39 is 15.4 Å². The number of nitrogens with one attached hydrogen (secondary N) is 2. The number of hydrogen-bond donors (Lipinski definition) is 2. The summed E-state index contributed by atoms with van der Waals surface area (Å²) in [5.41, 5.74) is 3.38. The molecule has 6 nitrogen and oxygen atoms in total. The molecule has 0 aromatic heterocycles. The van der Waals surface area contributed by atoms with Gasteiger partial charge in [-0.3, -0.25) is 9.52 Å². The number of benzene rings is 2. The molecule has 2 aromatic rings. The summed E-state index contributed by atoms with van der Waals surface area (Å²) >= 11 is 0. The Kier molecular flexibility index (Phi) is 6.53. The number of amides is 1. The summed E-state index contributed by atoms with van der Waals surface area (Å²) in [6, 6.07) is 10.9. The van der Waals surface area contributed by atoms with Gasteiger partial charge >= 0.3 is 0 Å². The molecular weight excluding hydrogens is 400 g/mol.